The monoisotopic (exact) mass is 752 g/mol. The number of carbonyl (C=O) groups excluding carboxylic acids is 6. The topological polar surface area (TPSA) is 194 Å². The Hall–Kier alpha value is -4.85. The van der Waals surface area contributed by atoms with Crippen LogP contribution < -0.4 is 21.3 Å². The molecule has 0 saturated heterocycles. The van der Waals surface area contributed by atoms with Gasteiger partial charge in [-0.2, -0.15) is 0 Å². The first kappa shape index (κ1) is 45.3. The minimum Gasteiger partial charge on any atom is -0.480 e. The van der Waals surface area contributed by atoms with Gasteiger partial charge in [0.05, 0.1) is 12.1 Å². The van der Waals surface area contributed by atoms with E-state index in [0.717, 1.165) is 10.5 Å². The van der Waals surface area contributed by atoms with E-state index in [2.05, 4.69) is 21.3 Å². The van der Waals surface area contributed by atoms with Gasteiger partial charge in [0.2, 0.25) is 23.6 Å². The lowest BCUT2D eigenvalue weighted by molar-refractivity contribution is -0.141. The number of carboxylic acids is 1. The third-order valence-corrected chi connectivity index (χ3v) is 9.74. The fourth-order valence-corrected chi connectivity index (χ4v) is 6.33. The maximum Gasteiger partial charge on any atom is 0.326 e. The van der Waals surface area contributed by atoms with E-state index in [9.17, 15) is 38.7 Å². The summed E-state index contributed by atoms with van der Waals surface area (Å²) in [5.74, 6) is -3.94. The first-order valence-electron chi connectivity index (χ1n) is 18.5. The number of benzene rings is 1. The van der Waals surface area contributed by atoms with Gasteiger partial charge in [0.25, 0.3) is 11.8 Å². The number of nitrogens with zero attached hydrogens (tertiary/aromatic N) is 2. The van der Waals surface area contributed by atoms with E-state index in [-0.39, 0.29) is 61.1 Å². The van der Waals surface area contributed by atoms with Crippen LogP contribution in [0.5, 0.6) is 0 Å². The predicted octanol–water partition coefficient (Wildman–Crippen LogP) is 2.68. The SMILES string of the molecule is CN[C@H](C(=O)N[C@H](C(=O)N(C)[C@H](/C=C(\C)C(=O)N[C@H](CCC(=O)NCCCCN1C(=O)C=CC1=O)C(=O)O)C(C)C)C(C)(C)C)C(C)(C)c1ccccc1. The third kappa shape index (κ3) is 12.6. The lowest BCUT2D eigenvalue weighted by Gasteiger charge is -2.40. The summed E-state index contributed by atoms with van der Waals surface area (Å²) in [4.78, 5) is 91.6. The summed E-state index contributed by atoms with van der Waals surface area (Å²) in [5, 5.41) is 21.1. The molecule has 0 saturated carbocycles. The van der Waals surface area contributed by atoms with Crippen molar-refractivity contribution in [2.45, 2.75) is 111 Å². The average molecular weight is 753 g/mol. The fraction of sp³-hybridized carbons (Fsp3) is 0.575. The summed E-state index contributed by atoms with van der Waals surface area (Å²) < 4.78 is 0. The summed E-state index contributed by atoms with van der Waals surface area (Å²) in [6, 6.07) is 6.15. The van der Waals surface area contributed by atoms with E-state index in [0.29, 0.717) is 12.8 Å². The summed E-state index contributed by atoms with van der Waals surface area (Å²) in [6.07, 6.45) is 4.72. The average Bonchev–Trinajstić information content (AvgIpc) is 3.42. The van der Waals surface area contributed by atoms with Crippen LogP contribution in [-0.4, -0.2) is 108 Å². The van der Waals surface area contributed by atoms with E-state index in [1.807, 2.05) is 78.8 Å². The maximum absolute atomic E-state index is 14.2. The molecule has 1 aromatic rings. The van der Waals surface area contributed by atoms with Crippen LogP contribution in [0.25, 0.3) is 0 Å². The second-order valence-electron chi connectivity index (χ2n) is 15.8. The zero-order chi connectivity index (χ0) is 41.0. The van der Waals surface area contributed by atoms with E-state index < -0.39 is 52.8 Å². The van der Waals surface area contributed by atoms with Gasteiger partial charge in [0.15, 0.2) is 0 Å². The molecule has 5 N–H and O–H groups in total. The molecule has 0 radical (unpaired) electrons. The number of unbranched alkanes of at least 4 members (excludes halogenated alkanes) is 1. The van der Waals surface area contributed by atoms with Crippen LogP contribution in [0.15, 0.2) is 54.1 Å². The molecular weight excluding hydrogens is 692 g/mol. The van der Waals surface area contributed by atoms with Gasteiger partial charge in [0.1, 0.15) is 12.1 Å². The molecule has 0 aromatic heterocycles. The number of aliphatic carboxylic acids is 1. The molecule has 0 aliphatic carbocycles. The molecule has 0 bridgehead atoms. The van der Waals surface area contributed by atoms with E-state index in [1.165, 1.54) is 24.0 Å². The van der Waals surface area contributed by atoms with Crippen molar-refractivity contribution in [3.8, 4) is 0 Å². The standard InChI is InChI=1S/C40H60N6O8/c1-25(2)29(45(10)37(52)34(39(4,5)6)44-36(51)33(41-9)40(7,8)27-16-12-11-13-17-27)24-26(3)35(50)43-28(38(53)54)18-19-30(47)42-22-14-15-23-46-31(48)20-21-32(46)49/h11-13,16-17,20-21,24-25,28-29,33-34,41H,14-15,18-19,22-23H2,1-10H3,(H,42,47)(H,43,50)(H,44,51)(H,53,54)/b26-24+/t28-,29-,33-,34-/m1/s1. The fourth-order valence-electron chi connectivity index (χ4n) is 6.33. The second-order valence-corrected chi connectivity index (χ2v) is 15.8. The Labute approximate surface area is 319 Å². The van der Waals surface area contributed by atoms with Crippen molar-refractivity contribution < 1.29 is 38.7 Å². The molecule has 14 nitrogen and oxygen atoms in total. The molecule has 14 heteroatoms. The summed E-state index contributed by atoms with van der Waals surface area (Å²) in [5.41, 5.74) is -0.145. The van der Waals surface area contributed by atoms with Gasteiger partial charge in [-0.25, -0.2) is 4.79 Å². The van der Waals surface area contributed by atoms with Crippen molar-refractivity contribution in [2.75, 3.05) is 27.2 Å². The van der Waals surface area contributed by atoms with Crippen molar-refractivity contribution in [2.24, 2.45) is 11.3 Å². The number of likely N-dealkylation sites (N-methyl/N-ethyl adjacent to an activating group) is 2. The molecular formula is C40H60N6O8. The minimum atomic E-state index is -1.34. The number of rotatable bonds is 20. The van der Waals surface area contributed by atoms with E-state index in [1.54, 1.807) is 20.2 Å². The summed E-state index contributed by atoms with van der Waals surface area (Å²) >= 11 is 0. The lowest BCUT2D eigenvalue weighted by Crippen LogP contribution is -2.61. The molecule has 1 aliphatic heterocycles. The molecule has 54 heavy (non-hydrogen) atoms. The molecule has 6 amide bonds. The number of hydrogen-bond donors (Lipinski definition) is 5. The summed E-state index contributed by atoms with van der Waals surface area (Å²) in [7, 11) is 3.32. The zero-order valence-corrected chi connectivity index (χ0v) is 33.4. The van der Waals surface area contributed by atoms with Gasteiger partial charge in [-0.05, 0) is 50.1 Å². The van der Waals surface area contributed by atoms with Gasteiger partial charge in [0, 0.05) is 49.7 Å². The molecule has 0 spiro atoms. The Morgan fingerprint density at radius 1 is 0.907 bits per heavy atom. The third-order valence-electron chi connectivity index (χ3n) is 9.74. The highest BCUT2D eigenvalue weighted by molar-refractivity contribution is 6.12. The number of nitrogens with one attached hydrogen (secondary N) is 4. The predicted molar refractivity (Wildman–Crippen MR) is 206 cm³/mol. The van der Waals surface area contributed by atoms with Gasteiger partial charge in [-0.15, -0.1) is 0 Å². The number of hydrogen-bond acceptors (Lipinski definition) is 8. The Morgan fingerprint density at radius 3 is 2.02 bits per heavy atom. The van der Waals surface area contributed by atoms with Crippen molar-refractivity contribution in [3.05, 3.63) is 59.7 Å². The van der Waals surface area contributed by atoms with Gasteiger partial charge in [-0.3, -0.25) is 33.7 Å². The van der Waals surface area contributed by atoms with Crippen LogP contribution in [0.4, 0.5) is 0 Å². The van der Waals surface area contributed by atoms with Crippen molar-refractivity contribution in [1.82, 2.24) is 31.1 Å². The highest BCUT2D eigenvalue weighted by Crippen LogP contribution is 2.29. The summed E-state index contributed by atoms with van der Waals surface area (Å²) in [6.45, 7) is 15.4. The minimum absolute atomic E-state index is 0.156. The number of carboxylic acid groups (broad SMARTS) is 1. The molecule has 0 fully saturated rings. The molecule has 2 rings (SSSR count). The Bertz CT molecular complexity index is 1560. The first-order chi connectivity index (χ1) is 25.1. The maximum atomic E-state index is 14.2. The van der Waals surface area contributed by atoms with Crippen LogP contribution in [0.3, 0.4) is 0 Å². The molecule has 4 atom stereocenters. The van der Waals surface area contributed by atoms with Gasteiger partial charge < -0.3 is 31.3 Å². The van der Waals surface area contributed by atoms with Crippen molar-refractivity contribution >= 4 is 41.4 Å². The molecule has 1 heterocycles. The van der Waals surface area contributed by atoms with Crippen LogP contribution >= 0.6 is 0 Å². The van der Waals surface area contributed by atoms with E-state index in [4.69, 9.17) is 0 Å². The van der Waals surface area contributed by atoms with Crippen LogP contribution in [0, 0.1) is 11.3 Å². The van der Waals surface area contributed by atoms with Crippen LogP contribution in [0.1, 0.15) is 86.6 Å². The van der Waals surface area contributed by atoms with Gasteiger partial charge >= 0.3 is 5.97 Å². The zero-order valence-electron chi connectivity index (χ0n) is 33.4. The smallest absolute Gasteiger partial charge is 0.326 e. The highest BCUT2D eigenvalue weighted by atomic mass is 16.4. The number of amides is 6. The molecule has 0 unspecified atom stereocenters. The van der Waals surface area contributed by atoms with Crippen LogP contribution in [0.2, 0.25) is 0 Å². The number of imide groups is 1. The van der Waals surface area contributed by atoms with Crippen molar-refractivity contribution in [3.63, 3.8) is 0 Å². The van der Waals surface area contributed by atoms with Crippen molar-refractivity contribution in [1.29, 1.82) is 0 Å². The number of carbonyl (C=O) groups is 7. The second kappa shape index (κ2) is 20.0. The highest BCUT2D eigenvalue weighted by Gasteiger charge is 2.41. The Balaban J connectivity index is 2.07. The quantitative estimate of drug-likeness (QED) is 0.0757. The largest absolute Gasteiger partial charge is 0.480 e. The normalized spacial score (nSPS) is 15.8. The Kier molecular flexibility index (Phi) is 16.8. The van der Waals surface area contributed by atoms with E-state index >= 15 is 0 Å². The van der Waals surface area contributed by atoms with Gasteiger partial charge in [-0.1, -0.05) is 84.9 Å². The van der Waals surface area contributed by atoms with Crippen LogP contribution in [-0.2, 0) is 39.0 Å². The molecule has 1 aromatic carbocycles. The lowest BCUT2D eigenvalue weighted by atomic mass is 9.76. The Morgan fingerprint density at radius 2 is 1.50 bits per heavy atom. The first-order valence-corrected chi connectivity index (χ1v) is 18.5. The molecule has 1 aliphatic rings. The molecule has 298 valence electrons.